The number of amides is 1. The SMILES string of the molecule is CCOC(=O)Nc1c(-c2ccc(OC)c(OC)c2)ccc2cc3c(cc12)OCO3. The summed E-state index contributed by atoms with van der Waals surface area (Å²) in [6, 6.07) is 13.3. The average molecular weight is 395 g/mol. The van der Waals surface area contributed by atoms with E-state index in [0.717, 1.165) is 21.9 Å². The van der Waals surface area contributed by atoms with Crippen molar-refractivity contribution in [3.05, 3.63) is 42.5 Å². The first-order chi connectivity index (χ1) is 14.1. The maximum Gasteiger partial charge on any atom is 0.411 e. The smallest absolute Gasteiger partial charge is 0.411 e. The van der Waals surface area contributed by atoms with Crippen molar-refractivity contribution in [1.29, 1.82) is 0 Å². The van der Waals surface area contributed by atoms with Crippen LogP contribution in [0.15, 0.2) is 42.5 Å². The van der Waals surface area contributed by atoms with Crippen LogP contribution in [0.4, 0.5) is 10.5 Å². The van der Waals surface area contributed by atoms with E-state index in [1.807, 2.05) is 42.5 Å². The van der Waals surface area contributed by atoms with Crippen molar-refractivity contribution in [3.8, 4) is 34.1 Å². The summed E-state index contributed by atoms with van der Waals surface area (Å²) in [5, 5.41) is 4.60. The molecule has 3 aromatic carbocycles. The van der Waals surface area contributed by atoms with E-state index in [0.29, 0.717) is 28.7 Å². The monoisotopic (exact) mass is 395 g/mol. The predicted molar refractivity (Wildman–Crippen MR) is 109 cm³/mol. The summed E-state index contributed by atoms with van der Waals surface area (Å²) in [5.74, 6) is 2.53. The molecule has 1 amide bonds. The van der Waals surface area contributed by atoms with Crippen LogP contribution in [0.5, 0.6) is 23.0 Å². The molecule has 0 atom stereocenters. The van der Waals surface area contributed by atoms with Crippen LogP contribution in [0.1, 0.15) is 6.92 Å². The standard InChI is InChI=1S/C22H21NO6/c1-4-27-22(24)23-21-15(13-6-8-17(25-2)18(9-13)26-3)7-5-14-10-19-20(11-16(14)21)29-12-28-19/h5-11H,4,12H2,1-3H3,(H,23,24). The summed E-state index contributed by atoms with van der Waals surface area (Å²) in [5.41, 5.74) is 2.28. The van der Waals surface area contributed by atoms with Crippen LogP contribution >= 0.6 is 0 Å². The quantitative estimate of drug-likeness (QED) is 0.667. The van der Waals surface area contributed by atoms with Crippen molar-refractivity contribution < 1.29 is 28.5 Å². The minimum absolute atomic E-state index is 0.175. The van der Waals surface area contributed by atoms with Crippen LogP contribution in [0.2, 0.25) is 0 Å². The molecule has 0 unspecified atom stereocenters. The molecule has 7 heteroatoms. The van der Waals surface area contributed by atoms with Crippen LogP contribution in [0.3, 0.4) is 0 Å². The predicted octanol–water partition coefficient (Wildman–Crippen LogP) is 4.82. The van der Waals surface area contributed by atoms with Crippen molar-refractivity contribution in [2.75, 3.05) is 32.9 Å². The number of methoxy groups -OCH3 is 2. The van der Waals surface area contributed by atoms with Gasteiger partial charge in [0.1, 0.15) is 0 Å². The summed E-state index contributed by atoms with van der Waals surface area (Å²) < 4.78 is 26.9. The maximum atomic E-state index is 12.3. The van der Waals surface area contributed by atoms with E-state index in [9.17, 15) is 4.79 Å². The molecule has 0 spiro atoms. The van der Waals surface area contributed by atoms with Crippen LogP contribution in [0.25, 0.3) is 21.9 Å². The average Bonchev–Trinajstić information content (AvgIpc) is 3.19. The Hall–Kier alpha value is -3.61. The Morgan fingerprint density at radius 3 is 2.48 bits per heavy atom. The molecule has 0 fully saturated rings. The lowest BCUT2D eigenvalue weighted by atomic mass is 9.97. The summed E-state index contributed by atoms with van der Waals surface area (Å²) in [6.45, 7) is 2.21. The Morgan fingerprint density at radius 1 is 1.00 bits per heavy atom. The van der Waals surface area contributed by atoms with Crippen LogP contribution in [0, 0.1) is 0 Å². The molecule has 3 aromatic rings. The van der Waals surface area contributed by atoms with Gasteiger partial charge in [0.15, 0.2) is 23.0 Å². The Balaban J connectivity index is 1.91. The van der Waals surface area contributed by atoms with E-state index >= 15 is 0 Å². The van der Waals surface area contributed by atoms with E-state index in [2.05, 4.69) is 5.32 Å². The van der Waals surface area contributed by atoms with E-state index in [1.54, 1.807) is 21.1 Å². The fraction of sp³-hybridized carbons (Fsp3) is 0.227. The minimum atomic E-state index is -0.528. The van der Waals surface area contributed by atoms with Crippen molar-refractivity contribution in [3.63, 3.8) is 0 Å². The van der Waals surface area contributed by atoms with Crippen molar-refractivity contribution in [2.45, 2.75) is 6.92 Å². The van der Waals surface area contributed by atoms with Crippen LogP contribution < -0.4 is 24.3 Å². The van der Waals surface area contributed by atoms with E-state index in [-0.39, 0.29) is 13.4 Å². The topological polar surface area (TPSA) is 75.3 Å². The molecule has 1 aliphatic rings. The summed E-state index contributed by atoms with van der Waals surface area (Å²) >= 11 is 0. The first-order valence-electron chi connectivity index (χ1n) is 9.17. The van der Waals surface area contributed by atoms with Gasteiger partial charge in [-0.25, -0.2) is 4.79 Å². The fourth-order valence-electron chi connectivity index (χ4n) is 3.36. The largest absolute Gasteiger partial charge is 0.493 e. The molecule has 1 N–H and O–H groups in total. The second-order valence-electron chi connectivity index (χ2n) is 6.33. The van der Waals surface area contributed by atoms with E-state index in [1.165, 1.54) is 0 Å². The molecule has 0 aromatic heterocycles. The molecule has 0 radical (unpaired) electrons. The molecule has 29 heavy (non-hydrogen) atoms. The van der Waals surface area contributed by atoms with Gasteiger partial charge in [-0.05, 0) is 42.1 Å². The zero-order chi connectivity index (χ0) is 20.4. The van der Waals surface area contributed by atoms with Gasteiger partial charge in [0.25, 0.3) is 0 Å². The molecule has 0 bridgehead atoms. The fourth-order valence-corrected chi connectivity index (χ4v) is 3.36. The number of hydrogen-bond donors (Lipinski definition) is 1. The summed E-state index contributed by atoms with van der Waals surface area (Å²) in [4.78, 5) is 12.3. The van der Waals surface area contributed by atoms with Crippen molar-refractivity contribution >= 4 is 22.6 Å². The molecule has 0 saturated carbocycles. The Kier molecular flexibility index (Phi) is 5.03. The Labute approximate surface area is 168 Å². The lowest BCUT2D eigenvalue weighted by Crippen LogP contribution is -2.14. The first kappa shape index (κ1) is 18.7. The third kappa shape index (κ3) is 3.47. The Bertz CT molecular complexity index is 1080. The number of fused-ring (bicyclic) bond motifs is 2. The zero-order valence-corrected chi connectivity index (χ0v) is 16.4. The van der Waals surface area contributed by atoms with Crippen LogP contribution in [-0.2, 0) is 4.74 Å². The van der Waals surface area contributed by atoms with Gasteiger partial charge in [-0.2, -0.15) is 0 Å². The summed E-state index contributed by atoms with van der Waals surface area (Å²) in [6.07, 6.45) is -0.528. The number of benzene rings is 3. The second-order valence-corrected chi connectivity index (χ2v) is 6.33. The molecular weight excluding hydrogens is 374 g/mol. The lowest BCUT2D eigenvalue weighted by Gasteiger charge is -2.16. The third-order valence-corrected chi connectivity index (χ3v) is 4.71. The van der Waals surface area contributed by atoms with Gasteiger partial charge in [-0.3, -0.25) is 5.32 Å². The van der Waals surface area contributed by atoms with Crippen molar-refractivity contribution in [1.82, 2.24) is 0 Å². The number of ether oxygens (including phenoxy) is 5. The highest BCUT2D eigenvalue weighted by Crippen LogP contribution is 2.43. The van der Waals surface area contributed by atoms with Gasteiger partial charge in [0.05, 0.1) is 26.5 Å². The molecule has 1 aliphatic heterocycles. The molecule has 150 valence electrons. The number of nitrogens with one attached hydrogen (secondary N) is 1. The normalized spacial score (nSPS) is 12.0. The first-order valence-corrected chi connectivity index (χ1v) is 9.17. The second kappa shape index (κ2) is 7.79. The lowest BCUT2D eigenvalue weighted by molar-refractivity contribution is 0.168. The third-order valence-electron chi connectivity index (χ3n) is 4.71. The van der Waals surface area contributed by atoms with Gasteiger partial charge >= 0.3 is 6.09 Å². The van der Waals surface area contributed by atoms with E-state index < -0.39 is 6.09 Å². The number of carbonyl (C=O) groups is 1. The molecule has 4 rings (SSSR count). The molecule has 1 heterocycles. The number of anilines is 1. The van der Waals surface area contributed by atoms with Gasteiger partial charge in [-0.1, -0.05) is 18.2 Å². The molecule has 0 saturated heterocycles. The maximum absolute atomic E-state index is 12.3. The van der Waals surface area contributed by atoms with Crippen molar-refractivity contribution in [2.24, 2.45) is 0 Å². The molecular formula is C22H21NO6. The highest BCUT2D eigenvalue weighted by Gasteiger charge is 2.20. The van der Waals surface area contributed by atoms with Crippen LogP contribution in [-0.4, -0.2) is 33.7 Å². The number of hydrogen-bond acceptors (Lipinski definition) is 6. The van der Waals surface area contributed by atoms with Gasteiger partial charge in [0.2, 0.25) is 6.79 Å². The van der Waals surface area contributed by atoms with E-state index in [4.69, 9.17) is 23.7 Å². The molecule has 7 nitrogen and oxygen atoms in total. The molecule has 0 aliphatic carbocycles. The highest BCUT2D eigenvalue weighted by atomic mass is 16.7. The Morgan fingerprint density at radius 2 is 1.76 bits per heavy atom. The highest BCUT2D eigenvalue weighted by molar-refractivity contribution is 6.08. The van der Waals surface area contributed by atoms with Gasteiger partial charge in [0, 0.05) is 10.9 Å². The van der Waals surface area contributed by atoms with Gasteiger partial charge in [-0.15, -0.1) is 0 Å². The van der Waals surface area contributed by atoms with Gasteiger partial charge < -0.3 is 23.7 Å². The summed E-state index contributed by atoms with van der Waals surface area (Å²) in [7, 11) is 3.17. The number of rotatable bonds is 5. The minimum Gasteiger partial charge on any atom is -0.493 e. The zero-order valence-electron chi connectivity index (χ0n) is 16.4. The number of carbonyl (C=O) groups excluding carboxylic acids is 1.